The molecule has 1 aromatic carbocycles. The maximum Gasteiger partial charge on any atom is 0.321 e. The van der Waals surface area contributed by atoms with E-state index in [1.54, 1.807) is 4.90 Å². The molecule has 116 valence electrons. The van der Waals surface area contributed by atoms with E-state index in [2.05, 4.69) is 21.2 Å². The summed E-state index contributed by atoms with van der Waals surface area (Å²) in [5.74, 6) is 0. The second kappa shape index (κ2) is 6.76. The smallest absolute Gasteiger partial charge is 0.321 e. The lowest BCUT2D eigenvalue weighted by molar-refractivity contribution is 0.213. The highest BCUT2D eigenvalue weighted by atomic mass is 79.9. The first-order chi connectivity index (χ1) is 9.88. The van der Waals surface area contributed by atoms with Crippen LogP contribution in [0.3, 0.4) is 0 Å². The molecule has 1 heterocycles. The van der Waals surface area contributed by atoms with Gasteiger partial charge in [-0.3, -0.25) is 0 Å². The molecule has 0 aliphatic carbocycles. The number of halogens is 1. The number of benzene rings is 1. The van der Waals surface area contributed by atoms with E-state index in [1.807, 2.05) is 0 Å². The van der Waals surface area contributed by atoms with Crippen molar-refractivity contribution in [1.82, 2.24) is 4.90 Å². The van der Waals surface area contributed by atoms with Crippen molar-refractivity contribution in [3.63, 3.8) is 0 Å². The number of nitrogens with two attached hydrogens (primary N) is 1. The largest absolute Gasteiger partial charge is 0.325 e. The number of amides is 2. The fourth-order valence-corrected chi connectivity index (χ4v) is 3.41. The zero-order valence-corrected chi connectivity index (χ0v) is 13.9. The van der Waals surface area contributed by atoms with Gasteiger partial charge in [-0.25, -0.2) is 18.4 Å². The number of urea groups is 1. The Morgan fingerprint density at radius 3 is 2.33 bits per heavy atom. The standard InChI is InChI=1S/C13H18BrN3O3S/c14-11-9-10(21(15,19)20)5-6-12(11)16-13(18)17-7-3-1-2-4-8-17/h5-6,9H,1-4,7-8H2,(H,16,18)(H2,15,19,20). The molecule has 6 nitrogen and oxygen atoms in total. The molecular formula is C13H18BrN3O3S. The zero-order chi connectivity index (χ0) is 15.5. The summed E-state index contributed by atoms with van der Waals surface area (Å²) >= 11 is 3.25. The van der Waals surface area contributed by atoms with E-state index >= 15 is 0 Å². The van der Waals surface area contributed by atoms with Crippen LogP contribution in [0.5, 0.6) is 0 Å². The molecule has 1 aliphatic rings. The third-order valence-electron chi connectivity index (χ3n) is 3.40. The van der Waals surface area contributed by atoms with E-state index in [4.69, 9.17) is 5.14 Å². The summed E-state index contributed by atoms with van der Waals surface area (Å²) in [4.78, 5) is 14.0. The van der Waals surface area contributed by atoms with Gasteiger partial charge in [-0.05, 0) is 47.0 Å². The van der Waals surface area contributed by atoms with E-state index in [9.17, 15) is 13.2 Å². The van der Waals surface area contributed by atoms with Crippen LogP contribution in [0.15, 0.2) is 27.6 Å². The summed E-state index contributed by atoms with van der Waals surface area (Å²) in [5, 5.41) is 7.86. The van der Waals surface area contributed by atoms with Crippen LogP contribution in [0.1, 0.15) is 25.7 Å². The minimum Gasteiger partial charge on any atom is -0.325 e. The predicted octanol–water partition coefficient (Wildman–Crippen LogP) is 2.50. The molecule has 1 aliphatic heterocycles. The topological polar surface area (TPSA) is 92.5 Å². The van der Waals surface area contributed by atoms with E-state index in [0.29, 0.717) is 10.2 Å². The fraction of sp³-hybridized carbons (Fsp3) is 0.462. The molecule has 0 unspecified atom stereocenters. The number of sulfonamides is 1. The van der Waals surface area contributed by atoms with Crippen molar-refractivity contribution in [2.24, 2.45) is 5.14 Å². The fourth-order valence-electron chi connectivity index (χ4n) is 2.24. The lowest BCUT2D eigenvalue weighted by Gasteiger charge is -2.21. The number of anilines is 1. The monoisotopic (exact) mass is 375 g/mol. The van der Waals surface area contributed by atoms with Gasteiger partial charge in [0, 0.05) is 17.6 Å². The van der Waals surface area contributed by atoms with Crippen molar-refractivity contribution < 1.29 is 13.2 Å². The van der Waals surface area contributed by atoms with Crippen LogP contribution in [0.25, 0.3) is 0 Å². The van der Waals surface area contributed by atoms with Gasteiger partial charge in [0.15, 0.2) is 0 Å². The molecule has 0 atom stereocenters. The Labute approximate surface area is 132 Å². The molecule has 1 aromatic rings. The van der Waals surface area contributed by atoms with E-state index in [-0.39, 0.29) is 10.9 Å². The summed E-state index contributed by atoms with van der Waals surface area (Å²) in [7, 11) is -3.75. The zero-order valence-electron chi connectivity index (χ0n) is 11.5. The Morgan fingerprint density at radius 2 is 1.81 bits per heavy atom. The van der Waals surface area contributed by atoms with Crippen LogP contribution in [-0.4, -0.2) is 32.4 Å². The number of nitrogens with one attached hydrogen (secondary N) is 1. The second-order valence-corrected chi connectivity index (χ2v) is 7.43. The average molecular weight is 376 g/mol. The predicted molar refractivity (Wildman–Crippen MR) is 84.6 cm³/mol. The first-order valence-corrected chi connectivity index (χ1v) is 9.10. The molecule has 1 saturated heterocycles. The average Bonchev–Trinajstić information content (AvgIpc) is 2.68. The Bertz CT molecular complexity index is 626. The second-order valence-electron chi connectivity index (χ2n) is 5.02. The summed E-state index contributed by atoms with van der Waals surface area (Å²) in [6.07, 6.45) is 4.32. The number of hydrogen-bond donors (Lipinski definition) is 2. The van der Waals surface area contributed by atoms with Gasteiger partial charge in [0.25, 0.3) is 0 Å². The number of carbonyl (C=O) groups excluding carboxylic acids is 1. The summed E-state index contributed by atoms with van der Waals surface area (Å²) < 4.78 is 23.0. The first-order valence-electron chi connectivity index (χ1n) is 6.76. The molecule has 8 heteroatoms. The van der Waals surface area contributed by atoms with Crippen molar-refractivity contribution >= 4 is 37.7 Å². The van der Waals surface area contributed by atoms with E-state index in [1.165, 1.54) is 18.2 Å². The molecular weight excluding hydrogens is 358 g/mol. The van der Waals surface area contributed by atoms with Crippen LogP contribution < -0.4 is 10.5 Å². The van der Waals surface area contributed by atoms with Crippen molar-refractivity contribution in [2.45, 2.75) is 30.6 Å². The Morgan fingerprint density at radius 1 is 1.19 bits per heavy atom. The highest BCUT2D eigenvalue weighted by Gasteiger charge is 2.17. The number of carbonyl (C=O) groups is 1. The number of primary sulfonamides is 1. The third kappa shape index (κ3) is 4.42. The normalized spacial score (nSPS) is 16.4. The summed E-state index contributed by atoms with van der Waals surface area (Å²) in [5.41, 5.74) is 0.525. The van der Waals surface area contributed by atoms with Crippen LogP contribution in [0.4, 0.5) is 10.5 Å². The molecule has 2 rings (SSSR count). The van der Waals surface area contributed by atoms with E-state index in [0.717, 1.165) is 38.8 Å². The maximum atomic E-state index is 12.2. The molecule has 0 saturated carbocycles. The van der Waals surface area contributed by atoms with Gasteiger partial charge in [0.05, 0.1) is 10.6 Å². The van der Waals surface area contributed by atoms with Gasteiger partial charge in [-0.2, -0.15) is 0 Å². The first kappa shape index (κ1) is 16.3. The molecule has 21 heavy (non-hydrogen) atoms. The molecule has 0 aromatic heterocycles. The molecule has 0 spiro atoms. The molecule has 0 bridgehead atoms. The van der Waals surface area contributed by atoms with Crippen molar-refractivity contribution in [1.29, 1.82) is 0 Å². The molecule has 0 radical (unpaired) electrons. The Balaban J connectivity index is 2.10. The minimum absolute atomic E-state index is 0.00199. The number of likely N-dealkylation sites (tertiary alicyclic amines) is 1. The number of rotatable bonds is 2. The quantitative estimate of drug-likeness (QED) is 0.831. The van der Waals surface area contributed by atoms with Gasteiger partial charge >= 0.3 is 6.03 Å². The molecule has 3 N–H and O–H groups in total. The van der Waals surface area contributed by atoms with Crippen LogP contribution in [0.2, 0.25) is 0 Å². The molecule has 2 amide bonds. The molecule has 1 fully saturated rings. The highest BCUT2D eigenvalue weighted by molar-refractivity contribution is 9.10. The van der Waals surface area contributed by atoms with Crippen molar-refractivity contribution in [3.8, 4) is 0 Å². The Kier molecular flexibility index (Phi) is 5.23. The van der Waals surface area contributed by atoms with Gasteiger partial charge in [0.1, 0.15) is 0 Å². The summed E-state index contributed by atoms with van der Waals surface area (Å²) in [6.45, 7) is 1.50. The number of nitrogens with zero attached hydrogens (tertiary/aromatic N) is 1. The minimum atomic E-state index is -3.75. The van der Waals surface area contributed by atoms with Gasteiger partial charge < -0.3 is 10.2 Å². The lowest BCUT2D eigenvalue weighted by Crippen LogP contribution is -2.35. The van der Waals surface area contributed by atoms with Crippen molar-refractivity contribution in [3.05, 3.63) is 22.7 Å². The van der Waals surface area contributed by atoms with Crippen LogP contribution >= 0.6 is 15.9 Å². The van der Waals surface area contributed by atoms with E-state index < -0.39 is 10.0 Å². The summed E-state index contributed by atoms with van der Waals surface area (Å²) in [6, 6.07) is 4.12. The lowest BCUT2D eigenvalue weighted by atomic mass is 10.2. The van der Waals surface area contributed by atoms with Gasteiger partial charge in [0.2, 0.25) is 10.0 Å². The van der Waals surface area contributed by atoms with Crippen LogP contribution in [-0.2, 0) is 10.0 Å². The van der Waals surface area contributed by atoms with Crippen molar-refractivity contribution in [2.75, 3.05) is 18.4 Å². The Hall–Kier alpha value is -1.12. The third-order valence-corrected chi connectivity index (χ3v) is 4.97. The van der Waals surface area contributed by atoms with Crippen LogP contribution in [0, 0.1) is 0 Å². The highest BCUT2D eigenvalue weighted by Crippen LogP contribution is 2.25. The SMILES string of the molecule is NS(=O)(=O)c1ccc(NC(=O)N2CCCCCC2)c(Br)c1. The number of hydrogen-bond acceptors (Lipinski definition) is 3. The maximum absolute atomic E-state index is 12.2. The van der Waals surface area contributed by atoms with Gasteiger partial charge in [-0.1, -0.05) is 12.8 Å². The van der Waals surface area contributed by atoms with Gasteiger partial charge in [-0.15, -0.1) is 0 Å².